The second-order valence-corrected chi connectivity index (χ2v) is 10.6. The summed E-state index contributed by atoms with van der Waals surface area (Å²) in [5.41, 5.74) is 0.631. The molecular formula is C22H25FN2O4S2. The van der Waals surface area contributed by atoms with Crippen LogP contribution in [0.2, 0.25) is 0 Å². The lowest BCUT2D eigenvalue weighted by atomic mass is 10.2. The molecule has 0 N–H and O–H groups in total. The first kappa shape index (κ1) is 22.3. The van der Waals surface area contributed by atoms with Gasteiger partial charge < -0.3 is 9.64 Å². The van der Waals surface area contributed by atoms with E-state index in [-0.39, 0.29) is 43.1 Å². The largest absolute Gasteiger partial charge is 0.377 e. The highest BCUT2D eigenvalue weighted by Gasteiger charge is 2.31. The number of halogens is 1. The van der Waals surface area contributed by atoms with Crippen LogP contribution in [-0.4, -0.2) is 68.2 Å². The van der Waals surface area contributed by atoms with E-state index < -0.39 is 15.8 Å². The predicted molar refractivity (Wildman–Crippen MR) is 117 cm³/mol. The summed E-state index contributed by atoms with van der Waals surface area (Å²) >= 11 is 1.63. The van der Waals surface area contributed by atoms with Gasteiger partial charge in [0, 0.05) is 43.4 Å². The SMILES string of the molecule is O=C(c1ccccc1SCC1CCCO1)N1CCN(S(=O)(=O)c2cccc(F)c2)CC1. The van der Waals surface area contributed by atoms with Crippen LogP contribution in [0, 0.1) is 5.82 Å². The summed E-state index contributed by atoms with van der Waals surface area (Å²) in [7, 11) is -3.79. The Hall–Kier alpha value is -1.94. The number of amides is 1. The van der Waals surface area contributed by atoms with E-state index in [2.05, 4.69) is 0 Å². The Bertz CT molecular complexity index is 1030. The highest BCUT2D eigenvalue weighted by Crippen LogP contribution is 2.28. The summed E-state index contributed by atoms with van der Waals surface area (Å²) in [4.78, 5) is 15.7. The fourth-order valence-corrected chi connectivity index (χ4v) is 6.37. The lowest BCUT2D eigenvalue weighted by Crippen LogP contribution is -2.50. The minimum atomic E-state index is -3.79. The van der Waals surface area contributed by atoms with Gasteiger partial charge in [-0.15, -0.1) is 11.8 Å². The number of sulfonamides is 1. The fourth-order valence-electron chi connectivity index (χ4n) is 3.81. The van der Waals surface area contributed by atoms with Gasteiger partial charge in [-0.25, -0.2) is 12.8 Å². The van der Waals surface area contributed by atoms with E-state index in [0.29, 0.717) is 5.56 Å². The van der Waals surface area contributed by atoms with Gasteiger partial charge in [-0.3, -0.25) is 4.79 Å². The minimum Gasteiger partial charge on any atom is -0.377 e. The summed E-state index contributed by atoms with van der Waals surface area (Å²) in [6.45, 7) is 1.73. The number of hydrogen-bond acceptors (Lipinski definition) is 5. The van der Waals surface area contributed by atoms with Crippen molar-refractivity contribution in [3.8, 4) is 0 Å². The molecule has 2 saturated heterocycles. The maximum atomic E-state index is 13.5. The van der Waals surface area contributed by atoms with Crippen molar-refractivity contribution in [3.05, 3.63) is 59.9 Å². The first-order valence-corrected chi connectivity index (χ1v) is 12.8. The molecule has 0 spiro atoms. The Morgan fingerprint density at radius 1 is 1.10 bits per heavy atom. The quantitative estimate of drug-likeness (QED) is 0.614. The second kappa shape index (κ2) is 9.68. The highest BCUT2D eigenvalue weighted by molar-refractivity contribution is 7.99. The maximum Gasteiger partial charge on any atom is 0.255 e. The fraction of sp³-hybridized carbons (Fsp3) is 0.409. The number of thioether (sulfide) groups is 1. The van der Waals surface area contributed by atoms with Crippen LogP contribution < -0.4 is 0 Å². The zero-order chi connectivity index (χ0) is 21.8. The van der Waals surface area contributed by atoms with Crippen molar-refractivity contribution < 1.29 is 22.3 Å². The molecular weight excluding hydrogens is 439 g/mol. The number of benzene rings is 2. The number of piperazine rings is 1. The molecule has 0 radical (unpaired) electrons. The van der Waals surface area contributed by atoms with Crippen LogP contribution in [0.25, 0.3) is 0 Å². The summed E-state index contributed by atoms with van der Waals surface area (Å²) in [6.07, 6.45) is 2.35. The first-order chi connectivity index (χ1) is 14.9. The Morgan fingerprint density at radius 3 is 2.58 bits per heavy atom. The van der Waals surface area contributed by atoms with Crippen molar-refractivity contribution in [2.24, 2.45) is 0 Å². The third-order valence-corrected chi connectivity index (χ3v) is 8.63. The molecule has 0 bridgehead atoms. The monoisotopic (exact) mass is 464 g/mol. The van der Waals surface area contributed by atoms with Crippen LogP contribution in [0.5, 0.6) is 0 Å². The molecule has 2 aliphatic rings. The van der Waals surface area contributed by atoms with Crippen LogP contribution in [0.1, 0.15) is 23.2 Å². The molecule has 0 saturated carbocycles. The van der Waals surface area contributed by atoms with Crippen LogP contribution in [0.4, 0.5) is 4.39 Å². The zero-order valence-electron chi connectivity index (χ0n) is 17.1. The highest BCUT2D eigenvalue weighted by atomic mass is 32.2. The van der Waals surface area contributed by atoms with Crippen molar-refractivity contribution in [1.29, 1.82) is 0 Å². The van der Waals surface area contributed by atoms with E-state index in [1.54, 1.807) is 16.7 Å². The summed E-state index contributed by atoms with van der Waals surface area (Å²) in [6, 6.07) is 12.5. The van der Waals surface area contributed by atoms with Crippen LogP contribution in [-0.2, 0) is 14.8 Å². The van der Waals surface area contributed by atoms with Gasteiger partial charge in [0.15, 0.2) is 0 Å². The summed E-state index contributed by atoms with van der Waals surface area (Å²) in [5, 5.41) is 0. The van der Waals surface area contributed by atoms with Gasteiger partial charge in [-0.1, -0.05) is 18.2 Å². The lowest BCUT2D eigenvalue weighted by molar-refractivity contribution is 0.0694. The minimum absolute atomic E-state index is 0.0665. The average molecular weight is 465 g/mol. The average Bonchev–Trinajstić information content (AvgIpc) is 3.31. The molecule has 31 heavy (non-hydrogen) atoms. The van der Waals surface area contributed by atoms with Crippen LogP contribution in [0.15, 0.2) is 58.3 Å². The number of ether oxygens (including phenoxy) is 1. The molecule has 2 heterocycles. The van der Waals surface area contributed by atoms with E-state index in [1.807, 2.05) is 24.3 Å². The smallest absolute Gasteiger partial charge is 0.255 e. The second-order valence-electron chi connectivity index (χ2n) is 7.60. The molecule has 0 aliphatic carbocycles. The van der Waals surface area contributed by atoms with Crippen LogP contribution in [0.3, 0.4) is 0 Å². The molecule has 4 rings (SSSR count). The Kier molecular flexibility index (Phi) is 6.95. The molecule has 2 aromatic rings. The van der Waals surface area contributed by atoms with E-state index in [9.17, 15) is 17.6 Å². The van der Waals surface area contributed by atoms with Gasteiger partial charge in [0.05, 0.1) is 16.6 Å². The number of carbonyl (C=O) groups excluding carboxylic acids is 1. The molecule has 1 amide bonds. The van der Waals surface area contributed by atoms with Crippen molar-refractivity contribution in [1.82, 2.24) is 9.21 Å². The Morgan fingerprint density at radius 2 is 1.87 bits per heavy atom. The van der Waals surface area contributed by atoms with E-state index in [1.165, 1.54) is 22.5 Å². The normalized spacial score (nSPS) is 20.2. The van der Waals surface area contributed by atoms with Gasteiger partial charge in [0.25, 0.3) is 5.91 Å². The molecule has 166 valence electrons. The maximum absolute atomic E-state index is 13.5. The third-order valence-electron chi connectivity index (χ3n) is 5.53. The van der Waals surface area contributed by atoms with E-state index in [0.717, 1.165) is 36.2 Å². The van der Waals surface area contributed by atoms with Gasteiger partial charge >= 0.3 is 0 Å². The zero-order valence-corrected chi connectivity index (χ0v) is 18.7. The topological polar surface area (TPSA) is 66.9 Å². The summed E-state index contributed by atoms with van der Waals surface area (Å²) < 4.78 is 46.0. The lowest BCUT2D eigenvalue weighted by Gasteiger charge is -2.34. The molecule has 0 aromatic heterocycles. The Balaban J connectivity index is 1.40. The molecule has 2 fully saturated rings. The van der Waals surface area contributed by atoms with Crippen molar-refractivity contribution in [2.75, 3.05) is 38.5 Å². The molecule has 6 nitrogen and oxygen atoms in total. The van der Waals surface area contributed by atoms with Gasteiger partial charge in [-0.05, 0) is 43.2 Å². The van der Waals surface area contributed by atoms with E-state index in [4.69, 9.17) is 4.74 Å². The number of carbonyl (C=O) groups is 1. The first-order valence-electron chi connectivity index (χ1n) is 10.3. The predicted octanol–water partition coefficient (Wildman–Crippen LogP) is 3.24. The third kappa shape index (κ3) is 5.11. The number of rotatable bonds is 6. The number of nitrogens with zero attached hydrogens (tertiary/aromatic N) is 2. The van der Waals surface area contributed by atoms with E-state index >= 15 is 0 Å². The van der Waals surface area contributed by atoms with Gasteiger partial charge in [0.1, 0.15) is 5.82 Å². The van der Waals surface area contributed by atoms with Gasteiger partial charge in [0.2, 0.25) is 10.0 Å². The molecule has 1 atom stereocenters. The Labute approximate surface area is 186 Å². The standard InChI is InChI=1S/C22H25FN2O4S2/c23-17-5-3-7-19(15-17)31(27,28)25-12-10-24(11-13-25)22(26)20-8-1-2-9-21(20)30-16-18-6-4-14-29-18/h1-3,5,7-9,15,18H,4,6,10-14,16H2. The van der Waals surface area contributed by atoms with Crippen molar-refractivity contribution in [3.63, 3.8) is 0 Å². The molecule has 2 aliphatic heterocycles. The summed E-state index contributed by atoms with van der Waals surface area (Å²) in [5.74, 6) is 0.120. The van der Waals surface area contributed by atoms with Crippen molar-refractivity contribution >= 4 is 27.7 Å². The molecule has 2 aromatic carbocycles. The van der Waals surface area contributed by atoms with Gasteiger partial charge in [-0.2, -0.15) is 4.31 Å². The molecule has 9 heteroatoms. The van der Waals surface area contributed by atoms with Crippen molar-refractivity contribution in [2.45, 2.75) is 28.7 Å². The van der Waals surface area contributed by atoms with Crippen LogP contribution >= 0.6 is 11.8 Å². The number of hydrogen-bond donors (Lipinski definition) is 0. The molecule has 1 unspecified atom stereocenters.